The van der Waals surface area contributed by atoms with E-state index < -0.39 is 0 Å². The number of rotatable bonds is 4. The molecule has 1 aliphatic rings. The van der Waals surface area contributed by atoms with E-state index in [1.54, 1.807) is 0 Å². The molecule has 0 bridgehead atoms. The van der Waals surface area contributed by atoms with E-state index in [2.05, 4.69) is 4.98 Å². The highest BCUT2D eigenvalue weighted by Gasteiger charge is 2.15. The van der Waals surface area contributed by atoms with Gasteiger partial charge in [0.1, 0.15) is 0 Å². The standard InChI is InChI=1S/C9H14N2O2S/c10-9-11-7(6-14-9)4-12-5-8-2-1-3-13-8/h6,8H,1-5H2,(H2,10,11). The molecule has 2 N–H and O–H groups in total. The summed E-state index contributed by atoms with van der Waals surface area (Å²) < 4.78 is 10.9. The molecule has 1 atom stereocenters. The van der Waals surface area contributed by atoms with Crippen LogP contribution in [0.4, 0.5) is 5.13 Å². The van der Waals surface area contributed by atoms with Crippen LogP contribution in [-0.2, 0) is 16.1 Å². The van der Waals surface area contributed by atoms with Crippen LogP contribution in [0.15, 0.2) is 5.38 Å². The molecular weight excluding hydrogens is 200 g/mol. The predicted molar refractivity (Wildman–Crippen MR) is 55.2 cm³/mol. The summed E-state index contributed by atoms with van der Waals surface area (Å²) in [5.41, 5.74) is 6.41. The quantitative estimate of drug-likeness (QED) is 0.823. The van der Waals surface area contributed by atoms with Crippen LogP contribution in [0.5, 0.6) is 0 Å². The Bertz CT molecular complexity index is 284. The average Bonchev–Trinajstić information content (AvgIpc) is 2.77. The van der Waals surface area contributed by atoms with Gasteiger partial charge in [-0.25, -0.2) is 4.98 Å². The molecule has 0 aromatic carbocycles. The number of thiazole rings is 1. The molecule has 0 aliphatic carbocycles. The van der Waals surface area contributed by atoms with Crippen LogP contribution in [0, 0.1) is 0 Å². The Labute approximate surface area is 87.0 Å². The molecule has 2 heterocycles. The third-order valence-corrected chi connectivity index (χ3v) is 2.87. The molecule has 4 nitrogen and oxygen atoms in total. The molecule has 0 saturated carbocycles. The highest BCUT2D eigenvalue weighted by molar-refractivity contribution is 7.13. The molecule has 14 heavy (non-hydrogen) atoms. The van der Waals surface area contributed by atoms with Crippen LogP contribution in [0.2, 0.25) is 0 Å². The number of nitrogen functional groups attached to an aromatic ring is 1. The van der Waals surface area contributed by atoms with Gasteiger partial charge in [-0.3, -0.25) is 0 Å². The number of anilines is 1. The Morgan fingerprint density at radius 1 is 1.71 bits per heavy atom. The smallest absolute Gasteiger partial charge is 0.180 e. The predicted octanol–water partition coefficient (Wildman–Crippen LogP) is 1.42. The maximum atomic E-state index is 5.50. The summed E-state index contributed by atoms with van der Waals surface area (Å²) in [6.45, 7) is 2.07. The van der Waals surface area contributed by atoms with Gasteiger partial charge in [-0.05, 0) is 12.8 Å². The van der Waals surface area contributed by atoms with Gasteiger partial charge >= 0.3 is 0 Å². The minimum absolute atomic E-state index is 0.283. The maximum Gasteiger partial charge on any atom is 0.180 e. The highest BCUT2D eigenvalue weighted by atomic mass is 32.1. The van der Waals surface area contributed by atoms with Gasteiger partial charge in [0.2, 0.25) is 0 Å². The molecule has 1 aromatic heterocycles. The van der Waals surface area contributed by atoms with Gasteiger partial charge in [-0.1, -0.05) is 0 Å². The molecule has 78 valence electrons. The Kier molecular flexibility index (Phi) is 3.34. The van der Waals surface area contributed by atoms with Crippen molar-refractivity contribution in [3.63, 3.8) is 0 Å². The van der Waals surface area contributed by atoms with Crippen LogP contribution >= 0.6 is 11.3 Å². The fraction of sp³-hybridized carbons (Fsp3) is 0.667. The van der Waals surface area contributed by atoms with E-state index in [1.165, 1.54) is 11.3 Å². The summed E-state index contributed by atoms with van der Waals surface area (Å²) >= 11 is 1.44. The zero-order valence-corrected chi connectivity index (χ0v) is 8.76. The molecule has 1 fully saturated rings. The normalized spacial score (nSPS) is 21.6. The summed E-state index contributed by atoms with van der Waals surface area (Å²) in [6, 6.07) is 0. The van der Waals surface area contributed by atoms with Crippen molar-refractivity contribution in [3.05, 3.63) is 11.1 Å². The van der Waals surface area contributed by atoms with Crippen LogP contribution in [0.3, 0.4) is 0 Å². The van der Waals surface area contributed by atoms with Crippen molar-refractivity contribution in [2.24, 2.45) is 0 Å². The monoisotopic (exact) mass is 214 g/mol. The average molecular weight is 214 g/mol. The minimum Gasteiger partial charge on any atom is -0.376 e. The molecule has 2 rings (SSSR count). The van der Waals surface area contributed by atoms with Crippen LogP contribution in [0.1, 0.15) is 18.5 Å². The molecule has 1 unspecified atom stereocenters. The van der Waals surface area contributed by atoms with E-state index in [9.17, 15) is 0 Å². The maximum absolute atomic E-state index is 5.50. The van der Waals surface area contributed by atoms with Gasteiger partial charge in [0.25, 0.3) is 0 Å². The summed E-state index contributed by atoms with van der Waals surface area (Å²) in [7, 11) is 0. The lowest BCUT2D eigenvalue weighted by Gasteiger charge is -2.08. The van der Waals surface area contributed by atoms with E-state index >= 15 is 0 Å². The van der Waals surface area contributed by atoms with E-state index in [-0.39, 0.29) is 6.10 Å². The molecule has 1 aromatic rings. The van der Waals surface area contributed by atoms with Crippen molar-refractivity contribution in [2.75, 3.05) is 18.9 Å². The fourth-order valence-electron chi connectivity index (χ4n) is 1.46. The largest absolute Gasteiger partial charge is 0.376 e. The fourth-order valence-corrected chi connectivity index (χ4v) is 2.01. The first kappa shape index (κ1) is 9.89. The number of hydrogen-bond donors (Lipinski definition) is 1. The van der Waals surface area contributed by atoms with Crippen molar-refractivity contribution >= 4 is 16.5 Å². The number of aromatic nitrogens is 1. The lowest BCUT2D eigenvalue weighted by atomic mass is 10.2. The van der Waals surface area contributed by atoms with E-state index in [0.717, 1.165) is 25.1 Å². The summed E-state index contributed by atoms with van der Waals surface area (Å²) in [5.74, 6) is 0. The minimum atomic E-state index is 0.283. The second-order valence-corrected chi connectivity index (χ2v) is 4.22. The number of nitrogens with two attached hydrogens (primary N) is 1. The number of ether oxygens (including phenoxy) is 2. The highest BCUT2D eigenvalue weighted by Crippen LogP contribution is 2.14. The Morgan fingerprint density at radius 3 is 3.29 bits per heavy atom. The number of nitrogens with zero attached hydrogens (tertiary/aromatic N) is 1. The molecule has 1 aliphatic heterocycles. The van der Waals surface area contributed by atoms with Crippen LogP contribution < -0.4 is 5.73 Å². The van der Waals surface area contributed by atoms with Crippen LogP contribution in [-0.4, -0.2) is 24.3 Å². The van der Waals surface area contributed by atoms with Gasteiger partial charge in [0.15, 0.2) is 5.13 Å². The summed E-state index contributed by atoms with van der Waals surface area (Å²) in [5, 5.41) is 2.52. The first-order valence-corrected chi connectivity index (χ1v) is 5.62. The van der Waals surface area contributed by atoms with E-state index in [1.807, 2.05) is 5.38 Å². The zero-order valence-electron chi connectivity index (χ0n) is 7.94. The third kappa shape index (κ3) is 2.67. The Balaban J connectivity index is 1.67. The van der Waals surface area contributed by atoms with Gasteiger partial charge in [-0.2, -0.15) is 0 Å². The van der Waals surface area contributed by atoms with E-state index in [0.29, 0.717) is 18.3 Å². The SMILES string of the molecule is Nc1nc(COCC2CCCO2)cs1. The van der Waals surface area contributed by atoms with Gasteiger partial charge in [-0.15, -0.1) is 11.3 Å². The lowest BCUT2D eigenvalue weighted by Crippen LogP contribution is -2.13. The van der Waals surface area contributed by atoms with Crippen molar-refractivity contribution in [1.29, 1.82) is 0 Å². The van der Waals surface area contributed by atoms with Gasteiger partial charge < -0.3 is 15.2 Å². The first-order valence-electron chi connectivity index (χ1n) is 4.74. The molecule has 0 spiro atoms. The molecule has 0 amide bonds. The van der Waals surface area contributed by atoms with Crippen molar-refractivity contribution in [3.8, 4) is 0 Å². The van der Waals surface area contributed by atoms with Crippen LogP contribution in [0.25, 0.3) is 0 Å². The summed E-state index contributed by atoms with van der Waals surface area (Å²) in [6.07, 6.45) is 2.54. The molecule has 1 saturated heterocycles. The van der Waals surface area contributed by atoms with Gasteiger partial charge in [0.05, 0.1) is 25.0 Å². The zero-order chi connectivity index (χ0) is 9.80. The molecule has 5 heteroatoms. The first-order chi connectivity index (χ1) is 6.84. The second-order valence-electron chi connectivity index (χ2n) is 3.33. The van der Waals surface area contributed by atoms with Gasteiger partial charge in [0, 0.05) is 12.0 Å². The lowest BCUT2D eigenvalue weighted by molar-refractivity contribution is 0.00980. The van der Waals surface area contributed by atoms with Crippen molar-refractivity contribution in [1.82, 2.24) is 4.98 Å². The summed E-state index contributed by atoms with van der Waals surface area (Å²) in [4.78, 5) is 4.11. The second kappa shape index (κ2) is 4.72. The van der Waals surface area contributed by atoms with Crippen molar-refractivity contribution < 1.29 is 9.47 Å². The topological polar surface area (TPSA) is 57.4 Å². The Morgan fingerprint density at radius 2 is 2.64 bits per heavy atom. The third-order valence-electron chi connectivity index (χ3n) is 2.15. The Hall–Kier alpha value is -0.650. The molecular formula is C9H14N2O2S. The number of hydrogen-bond acceptors (Lipinski definition) is 5. The van der Waals surface area contributed by atoms with Crippen molar-refractivity contribution in [2.45, 2.75) is 25.6 Å². The molecule has 0 radical (unpaired) electrons. The van der Waals surface area contributed by atoms with E-state index in [4.69, 9.17) is 15.2 Å².